The van der Waals surface area contributed by atoms with Gasteiger partial charge >= 0.3 is 5.97 Å². The van der Waals surface area contributed by atoms with Crippen LogP contribution in [-0.2, 0) is 20.7 Å². The van der Waals surface area contributed by atoms with Crippen LogP contribution in [0.5, 0.6) is 0 Å². The van der Waals surface area contributed by atoms with Crippen LogP contribution in [0.2, 0.25) is 5.02 Å². The predicted molar refractivity (Wildman–Crippen MR) is 130 cm³/mol. The van der Waals surface area contributed by atoms with Gasteiger partial charge in [0.25, 0.3) is 0 Å². The van der Waals surface area contributed by atoms with E-state index >= 15 is 0 Å². The van der Waals surface area contributed by atoms with Crippen molar-refractivity contribution in [1.82, 2.24) is 15.2 Å². The van der Waals surface area contributed by atoms with E-state index in [1.165, 1.54) is 6.92 Å². The van der Waals surface area contributed by atoms with Crippen LogP contribution in [0.3, 0.4) is 0 Å². The summed E-state index contributed by atoms with van der Waals surface area (Å²) in [7, 11) is 0. The third-order valence-electron chi connectivity index (χ3n) is 5.86. The molecule has 2 aromatic carbocycles. The quantitative estimate of drug-likeness (QED) is 0.520. The van der Waals surface area contributed by atoms with Gasteiger partial charge in [-0.2, -0.15) is 0 Å². The van der Waals surface area contributed by atoms with Gasteiger partial charge in [0.1, 0.15) is 6.04 Å². The van der Waals surface area contributed by atoms with Crippen molar-refractivity contribution in [3.8, 4) is 0 Å². The number of H-pyrrole nitrogens is 1. The van der Waals surface area contributed by atoms with Gasteiger partial charge in [-0.15, -0.1) is 0 Å². The van der Waals surface area contributed by atoms with Crippen molar-refractivity contribution in [3.63, 3.8) is 0 Å². The minimum Gasteiger partial charge on any atom is -0.441 e. The number of amides is 1. The fourth-order valence-corrected chi connectivity index (χ4v) is 4.62. The summed E-state index contributed by atoms with van der Waals surface area (Å²) >= 11 is 6.16. The summed E-state index contributed by atoms with van der Waals surface area (Å²) in [6, 6.07) is 15.1. The Kier molecular flexibility index (Phi) is 6.50. The number of carbonyl (C=O) groups excluding carboxylic acids is 2. The van der Waals surface area contributed by atoms with E-state index in [0.29, 0.717) is 18.0 Å². The zero-order chi connectivity index (χ0) is 23.8. The number of esters is 1. The van der Waals surface area contributed by atoms with E-state index in [9.17, 15) is 9.59 Å². The molecule has 0 saturated heterocycles. The molecule has 4 rings (SSSR count). The maximum Gasteiger partial charge on any atom is 0.304 e. The van der Waals surface area contributed by atoms with Gasteiger partial charge in [0.2, 0.25) is 5.91 Å². The second kappa shape index (κ2) is 9.20. The Labute approximate surface area is 199 Å². The first-order valence-corrected chi connectivity index (χ1v) is 11.6. The van der Waals surface area contributed by atoms with Crippen LogP contribution in [0.1, 0.15) is 57.0 Å². The van der Waals surface area contributed by atoms with Crippen LogP contribution in [0.15, 0.2) is 48.5 Å². The fraction of sp³-hybridized carbons (Fsp3) is 0.385. The minimum absolute atomic E-state index is 0.0812. The average molecular weight is 468 g/mol. The topological polar surface area (TPSA) is 74.4 Å². The first-order valence-electron chi connectivity index (χ1n) is 11.2. The lowest BCUT2D eigenvalue weighted by Gasteiger charge is -2.41. The van der Waals surface area contributed by atoms with Gasteiger partial charge in [0.15, 0.2) is 6.23 Å². The third-order valence-corrected chi connectivity index (χ3v) is 6.11. The molecule has 1 amide bonds. The number of rotatable bonds is 5. The molecule has 7 heteroatoms. The number of hydrogen-bond donors (Lipinski definition) is 2. The summed E-state index contributed by atoms with van der Waals surface area (Å²) in [5.74, 6) is -0.494. The Morgan fingerprint density at radius 2 is 1.85 bits per heavy atom. The highest BCUT2D eigenvalue weighted by atomic mass is 35.5. The molecule has 2 N–H and O–H groups in total. The number of hydrogen-bond acceptors (Lipinski definition) is 4. The monoisotopic (exact) mass is 467 g/mol. The van der Waals surface area contributed by atoms with Gasteiger partial charge in [-0.1, -0.05) is 41.9 Å². The number of para-hydroxylation sites is 1. The average Bonchev–Trinajstić information content (AvgIpc) is 3.10. The predicted octanol–water partition coefficient (Wildman–Crippen LogP) is 4.96. The minimum atomic E-state index is -0.697. The number of halogens is 1. The number of ether oxygens (including phenoxy) is 1. The summed E-state index contributed by atoms with van der Waals surface area (Å²) in [6.07, 6.45) is 0.0212. The van der Waals surface area contributed by atoms with E-state index in [1.807, 2.05) is 42.5 Å². The van der Waals surface area contributed by atoms with Gasteiger partial charge in [-0.25, -0.2) is 0 Å². The lowest BCUT2D eigenvalue weighted by atomic mass is 9.91. The molecule has 0 spiro atoms. The Bertz CT molecular complexity index is 1160. The summed E-state index contributed by atoms with van der Waals surface area (Å²) in [5.41, 5.74) is 3.80. The van der Waals surface area contributed by atoms with Crippen LogP contribution in [0.25, 0.3) is 10.9 Å². The number of carbonyl (C=O) groups is 2. The maximum atomic E-state index is 13.6. The van der Waals surface area contributed by atoms with Gasteiger partial charge in [-0.3, -0.25) is 14.5 Å². The number of benzene rings is 2. The molecule has 0 bridgehead atoms. The Morgan fingerprint density at radius 1 is 1.15 bits per heavy atom. The molecular weight excluding hydrogens is 438 g/mol. The molecule has 0 unspecified atom stereocenters. The third kappa shape index (κ3) is 5.07. The highest BCUT2D eigenvalue weighted by Gasteiger charge is 2.41. The second-order valence-electron chi connectivity index (χ2n) is 9.51. The molecule has 174 valence electrons. The standard InChI is InChI=1S/C26H30ClN3O3/c1-16(31)33-23-15-20-19-7-5-6-8-21(19)29-24(20)25(17-9-11-18(27)12-10-17)30(23)22(32)13-14-28-26(2,3)4/h5-12,23,25,28-29H,13-15H2,1-4H3/t23-,25-/m0/s1. The molecule has 2 heterocycles. The normalized spacial score (nSPS) is 18.3. The van der Waals surface area contributed by atoms with E-state index in [2.05, 4.69) is 37.1 Å². The first-order chi connectivity index (χ1) is 15.6. The van der Waals surface area contributed by atoms with E-state index < -0.39 is 18.2 Å². The summed E-state index contributed by atoms with van der Waals surface area (Å²) in [5, 5.41) is 5.06. The zero-order valence-electron chi connectivity index (χ0n) is 19.4. The molecule has 3 aromatic rings. The molecule has 0 radical (unpaired) electrons. The number of fused-ring (bicyclic) bond motifs is 3. The van der Waals surface area contributed by atoms with Crippen LogP contribution in [-0.4, -0.2) is 40.1 Å². The molecule has 1 aliphatic rings. The molecule has 6 nitrogen and oxygen atoms in total. The van der Waals surface area contributed by atoms with Crippen LogP contribution in [0, 0.1) is 0 Å². The summed E-state index contributed by atoms with van der Waals surface area (Å²) < 4.78 is 5.73. The fourth-order valence-electron chi connectivity index (χ4n) is 4.49. The van der Waals surface area contributed by atoms with E-state index in [4.69, 9.17) is 16.3 Å². The largest absolute Gasteiger partial charge is 0.441 e. The molecule has 0 saturated carbocycles. The number of aromatic amines is 1. The van der Waals surface area contributed by atoms with Gasteiger partial charge in [0.05, 0.1) is 0 Å². The lowest BCUT2D eigenvalue weighted by molar-refractivity contribution is -0.167. The van der Waals surface area contributed by atoms with Crippen LogP contribution >= 0.6 is 11.6 Å². The molecule has 1 aliphatic heterocycles. The Hall–Kier alpha value is -2.83. The summed E-state index contributed by atoms with van der Waals surface area (Å²) in [4.78, 5) is 30.9. The van der Waals surface area contributed by atoms with Gasteiger partial charge < -0.3 is 15.0 Å². The Morgan fingerprint density at radius 3 is 2.52 bits per heavy atom. The van der Waals surface area contributed by atoms with Crippen molar-refractivity contribution >= 4 is 34.4 Å². The first kappa shape index (κ1) is 23.3. The van der Waals surface area contributed by atoms with Crippen molar-refractivity contribution in [2.75, 3.05) is 6.54 Å². The zero-order valence-corrected chi connectivity index (χ0v) is 20.2. The molecule has 1 aromatic heterocycles. The van der Waals surface area contributed by atoms with Crippen molar-refractivity contribution in [3.05, 3.63) is 70.4 Å². The molecule has 0 aliphatic carbocycles. The SMILES string of the molecule is CC(=O)O[C@H]1Cc2c([nH]c3ccccc23)[C@H](c2ccc(Cl)cc2)N1C(=O)CCNC(C)(C)C. The van der Waals surface area contributed by atoms with E-state index in [0.717, 1.165) is 27.7 Å². The molecule has 0 fully saturated rings. The number of nitrogens with one attached hydrogen (secondary N) is 2. The highest BCUT2D eigenvalue weighted by Crippen LogP contribution is 2.41. The number of nitrogens with zero attached hydrogens (tertiary/aromatic N) is 1. The van der Waals surface area contributed by atoms with Crippen molar-refractivity contribution in [1.29, 1.82) is 0 Å². The van der Waals surface area contributed by atoms with Crippen LogP contribution < -0.4 is 5.32 Å². The molecular formula is C26H30ClN3O3. The van der Waals surface area contributed by atoms with Crippen LogP contribution in [0.4, 0.5) is 0 Å². The van der Waals surface area contributed by atoms with E-state index in [-0.39, 0.29) is 17.9 Å². The number of aromatic nitrogens is 1. The maximum absolute atomic E-state index is 13.6. The van der Waals surface area contributed by atoms with Crippen molar-refractivity contribution in [2.24, 2.45) is 0 Å². The lowest BCUT2D eigenvalue weighted by Crippen LogP contribution is -2.50. The van der Waals surface area contributed by atoms with Gasteiger partial charge in [-0.05, 0) is 50.1 Å². The van der Waals surface area contributed by atoms with Crippen molar-refractivity contribution in [2.45, 2.75) is 58.3 Å². The van der Waals surface area contributed by atoms with Crippen molar-refractivity contribution < 1.29 is 14.3 Å². The smallest absolute Gasteiger partial charge is 0.304 e. The second-order valence-corrected chi connectivity index (χ2v) is 9.95. The highest BCUT2D eigenvalue weighted by molar-refractivity contribution is 6.30. The van der Waals surface area contributed by atoms with E-state index in [1.54, 1.807) is 4.90 Å². The molecule has 2 atom stereocenters. The Balaban J connectivity index is 1.81. The molecule has 33 heavy (non-hydrogen) atoms. The van der Waals surface area contributed by atoms with Gasteiger partial charge in [0, 0.05) is 53.5 Å². The summed E-state index contributed by atoms with van der Waals surface area (Å²) in [6.45, 7) is 8.10.